The number of aromatic nitrogens is 3. The zero-order chi connectivity index (χ0) is 33.0. The van der Waals surface area contributed by atoms with Gasteiger partial charge < -0.3 is 24.3 Å². The third kappa shape index (κ3) is 6.32. The fourth-order valence-corrected chi connectivity index (χ4v) is 5.04. The van der Waals surface area contributed by atoms with Crippen LogP contribution < -0.4 is 29.8 Å². The molecule has 0 atom stereocenters. The number of rotatable bonds is 9. The van der Waals surface area contributed by atoms with Gasteiger partial charge in [0, 0.05) is 28.9 Å². The van der Waals surface area contributed by atoms with Crippen molar-refractivity contribution in [2.45, 2.75) is 25.7 Å². The van der Waals surface area contributed by atoms with Gasteiger partial charge >= 0.3 is 0 Å². The zero-order valence-corrected chi connectivity index (χ0v) is 25.9. The minimum atomic E-state index is -0.657. The number of halogens is 2. The highest BCUT2D eigenvalue weighted by molar-refractivity contribution is 6.04. The lowest BCUT2D eigenvalue weighted by Crippen LogP contribution is -2.30. The Morgan fingerprint density at radius 1 is 0.913 bits per heavy atom. The molecule has 1 saturated carbocycles. The average molecular weight is 631 g/mol. The number of hydrogen-bond acceptors (Lipinski definition) is 8. The molecule has 6 rings (SSSR count). The molecule has 2 aromatic carbocycles. The maximum absolute atomic E-state index is 14.8. The van der Waals surface area contributed by atoms with E-state index >= 15 is 0 Å². The molecule has 0 bridgehead atoms. The SMILES string of the molecule is CF.COc1cc(C)c(-n2c(C3CC3)ccc(C(=O)Nc3ccc(Oc4c(F)cnc5cc(OC)c(OC)cc45)cc3)c2=O)cn1. The molecule has 0 aliphatic heterocycles. The summed E-state index contributed by atoms with van der Waals surface area (Å²) in [5.74, 6) is 0.608. The fourth-order valence-electron chi connectivity index (χ4n) is 5.04. The highest BCUT2D eigenvalue weighted by atomic mass is 19.1. The van der Waals surface area contributed by atoms with Crippen molar-refractivity contribution in [2.24, 2.45) is 0 Å². The van der Waals surface area contributed by atoms with Gasteiger partial charge in [0.05, 0.1) is 52.1 Å². The van der Waals surface area contributed by atoms with Crippen molar-refractivity contribution >= 4 is 22.5 Å². The van der Waals surface area contributed by atoms with Crippen molar-refractivity contribution in [3.05, 3.63) is 100.0 Å². The van der Waals surface area contributed by atoms with Crippen LogP contribution in [0.3, 0.4) is 0 Å². The quantitative estimate of drug-likeness (QED) is 0.190. The molecule has 1 amide bonds. The van der Waals surface area contributed by atoms with E-state index in [4.69, 9.17) is 18.9 Å². The summed E-state index contributed by atoms with van der Waals surface area (Å²) in [6.07, 6.45) is 4.61. The van der Waals surface area contributed by atoms with Crippen LogP contribution in [0.2, 0.25) is 0 Å². The number of carbonyl (C=O) groups excluding carboxylic acids is 1. The number of benzene rings is 2. The van der Waals surface area contributed by atoms with E-state index in [9.17, 15) is 18.4 Å². The van der Waals surface area contributed by atoms with Gasteiger partial charge in [-0.15, -0.1) is 0 Å². The van der Waals surface area contributed by atoms with Gasteiger partial charge in [-0.25, -0.2) is 9.37 Å². The van der Waals surface area contributed by atoms with Gasteiger partial charge in [-0.3, -0.25) is 23.5 Å². The molecule has 5 aromatic rings. The Hall–Kier alpha value is -5.52. The van der Waals surface area contributed by atoms with Crippen molar-refractivity contribution in [3.8, 4) is 34.6 Å². The third-order valence-electron chi connectivity index (χ3n) is 7.47. The van der Waals surface area contributed by atoms with Gasteiger partial charge in [0.1, 0.15) is 11.3 Å². The van der Waals surface area contributed by atoms with E-state index in [1.54, 1.807) is 59.3 Å². The molecule has 10 nitrogen and oxygen atoms in total. The van der Waals surface area contributed by atoms with E-state index in [1.807, 2.05) is 13.0 Å². The van der Waals surface area contributed by atoms with Crippen LogP contribution in [-0.4, -0.2) is 48.9 Å². The maximum atomic E-state index is 14.8. The molecule has 12 heteroatoms. The normalized spacial score (nSPS) is 12.2. The second-order valence-electron chi connectivity index (χ2n) is 10.3. The molecular weight excluding hydrogens is 598 g/mol. The number of nitrogens with zero attached hydrogens (tertiary/aromatic N) is 3. The van der Waals surface area contributed by atoms with Crippen molar-refractivity contribution in [2.75, 3.05) is 33.8 Å². The van der Waals surface area contributed by atoms with E-state index < -0.39 is 17.3 Å². The minimum absolute atomic E-state index is 0.0142. The summed E-state index contributed by atoms with van der Waals surface area (Å²) in [6.45, 7) is 1.87. The number of amides is 1. The summed E-state index contributed by atoms with van der Waals surface area (Å²) in [7, 11) is 5.02. The van der Waals surface area contributed by atoms with Crippen LogP contribution in [0, 0.1) is 12.7 Å². The van der Waals surface area contributed by atoms with Gasteiger partial charge in [0.2, 0.25) is 5.88 Å². The highest BCUT2D eigenvalue weighted by Crippen LogP contribution is 2.41. The molecule has 238 valence electrons. The molecule has 0 radical (unpaired) electrons. The summed E-state index contributed by atoms with van der Waals surface area (Å²) in [6, 6.07) is 14.8. The minimum Gasteiger partial charge on any atom is -0.493 e. The van der Waals surface area contributed by atoms with Crippen LogP contribution in [0.1, 0.15) is 40.4 Å². The first-order valence-corrected chi connectivity index (χ1v) is 14.3. The monoisotopic (exact) mass is 630 g/mol. The van der Waals surface area contributed by atoms with E-state index in [2.05, 4.69) is 15.3 Å². The van der Waals surface area contributed by atoms with Crippen molar-refractivity contribution in [1.29, 1.82) is 0 Å². The van der Waals surface area contributed by atoms with Crippen LogP contribution in [0.4, 0.5) is 14.5 Å². The number of anilines is 1. The van der Waals surface area contributed by atoms with Crippen LogP contribution in [0.5, 0.6) is 28.9 Å². The Labute approximate surface area is 263 Å². The van der Waals surface area contributed by atoms with E-state index in [0.717, 1.165) is 30.3 Å². The molecule has 3 aromatic heterocycles. The molecular formula is C34H32F2N4O6. The number of methoxy groups -OCH3 is 3. The average Bonchev–Trinajstić information content (AvgIpc) is 3.93. The summed E-state index contributed by atoms with van der Waals surface area (Å²) in [4.78, 5) is 35.4. The molecule has 0 unspecified atom stereocenters. The number of ether oxygens (including phenoxy) is 4. The second kappa shape index (κ2) is 13.6. The topological polar surface area (TPSA) is 114 Å². The highest BCUT2D eigenvalue weighted by Gasteiger charge is 2.29. The van der Waals surface area contributed by atoms with Gasteiger partial charge in [-0.05, 0) is 73.7 Å². The second-order valence-corrected chi connectivity index (χ2v) is 10.3. The molecule has 1 aliphatic rings. The molecule has 1 N–H and O–H groups in total. The first-order valence-electron chi connectivity index (χ1n) is 14.3. The maximum Gasteiger partial charge on any atom is 0.268 e. The van der Waals surface area contributed by atoms with Gasteiger partial charge in [0.15, 0.2) is 23.1 Å². The summed E-state index contributed by atoms with van der Waals surface area (Å²) < 4.78 is 47.7. The summed E-state index contributed by atoms with van der Waals surface area (Å²) in [5, 5.41) is 3.17. The Balaban J connectivity index is 0.00000204. The first kappa shape index (κ1) is 31.9. The predicted molar refractivity (Wildman–Crippen MR) is 169 cm³/mol. The van der Waals surface area contributed by atoms with E-state index in [-0.39, 0.29) is 17.2 Å². The third-order valence-corrected chi connectivity index (χ3v) is 7.47. The Morgan fingerprint density at radius 2 is 1.61 bits per heavy atom. The van der Waals surface area contributed by atoms with Crippen molar-refractivity contribution in [3.63, 3.8) is 0 Å². The van der Waals surface area contributed by atoms with Crippen LogP contribution in [0.25, 0.3) is 16.6 Å². The standard InChI is InChI=1S/C33H29FN4O6.CH3F/c1-18-13-30(43-4)36-17-27(18)38-26(19-5-6-19)12-11-22(33(38)40)32(39)37-20-7-9-21(10-8-20)44-31-23-14-28(41-2)29(42-3)15-25(23)35-16-24(31)34;1-2/h7-17,19H,5-6H2,1-4H3,(H,37,39);1H3. The lowest BCUT2D eigenvalue weighted by molar-refractivity contribution is 0.102. The number of fused-ring (bicyclic) bond motifs is 1. The molecule has 0 spiro atoms. The van der Waals surface area contributed by atoms with Crippen LogP contribution in [0.15, 0.2) is 71.8 Å². The molecule has 1 aliphatic carbocycles. The lowest BCUT2D eigenvalue weighted by atomic mass is 10.1. The van der Waals surface area contributed by atoms with Crippen LogP contribution >= 0.6 is 0 Å². The number of hydrogen-bond donors (Lipinski definition) is 1. The molecule has 1 fully saturated rings. The number of aryl methyl sites for hydroxylation is 1. The Bertz CT molecular complexity index is 1960. The Morgan fingerprint density at radius 3 is 2.24 bits per heavy atom. The van der Waals surface area contributed by atoms with Crippen molar-refractivity contribution < 1.29 is 32.5 Å². The van der Waals surface area contributed by atoms with E-state index in [0.29, 0.717) is 52.6 Å². The van der Waals surface area contributed by atoms with Crippen LogP contribution in [-0.2, 0) is 0 Å². The fraction of sp³-hybridized carbons (Fsp3) is 0.235. The summed E-state index contributed by atoms with van der Waals surface area (Å²) >= 11 is 0. The number of carbonyl (C=O) groups is 1. The van der Waals surface area contributed by atoms with E-state index in [1.165, 1.54) is 21.3 Å². The summed E-state index contributed by atoms with van der Waals surface area (Å²) in [5.41, 5.74) is 2.67. The smallest absolute Gasteiger partial charge is 0.268 e. The predicted octanol–water partition coefficient (Wildman–Crippen LogP) is 6.76. The number of alkyl halides is 1. The van der Waals surface area contributed by atoms with Gasteiger partial charge in [-0.2, -0.15) is 0 Å². The molecule has 46 heavy (non-hydrogen) atoms. The lowest BCUT2D eigenvalue weighted by Gasteiger charge is -2.16. The largest absolute Gasteiger partial charge is 0.493 e. The first-order chi connectivity index (χ1) is 22.3. The zero-order valence-electron chi connectivity index (χ0n) is 25.9. The molecule has 3 heterocycles. The number of pyridine rings is 3. The van der Waals surface area contributed by atoms with Crippen molar-refractivity contribution in [1.82, 2.24) is 14.5 Å². The Kier molecular flexibility index (Phi) is 9.45. The van der Waals surface area contributed by atoms with Gasteiger partial charge in [0.25, 0.3) is 11.5 Å². The molecule has 0 saturated heterocycles. The van der Waals surface area contributed by atoms with Gasteiger partial charge in [-0.1, -0.05) is 0 Å². The number of nitrogens with one attached hydrogen (secondary N) is 1.